The molecule has 0 fully saturated rings. The zero-order chi connectivity index (χ0) is 9.89. The smallest absolute Gasteiger partial charge is 0.0664 e. The van der Waals surface area contributed by atoms with Crippen molar-refractivity contribution in [3.63, 3.8) is 0 Å². The molecule has 0 aliphatic rings. The van der Waals surface area contributed by atoms with E-state index in [1.807, 2.05) is 6.92 Å². The second-order valence-corrected chi connectivity index (χ2v) is 4.12. The maximum absolute atomic E-state index is 9.45. The quantitative estimate of drug-likeness (QED) is 0.815. The van der Waals surface area contributed by atoms with Gasteiger partial charge in [0.2, 0.25) is 0 Å². The van der Waals surface area contributed by atoms with Gasteiger partial charge < -0.3 is 5.11 Å². The second kappa shape index (κ2) is 8.89. The molecule has 0 saturated carbocycles. The van der Waals surface area contributed by atoms with E-state index in [2.05, 4.69) is 39.5 Å². The summed E-state index contributed by atoms with van der Waals surface area (Å²) in [5, 5.41) is 9.45. The first-order chi connectivity index (χ1) is 5.37. The van der Waals surface area contributed by atoms with E-state index in [1.54, 1.807) is 0 Å². The Morgan fingerprint density at radius 1 is 0.786 bits per heavy atom. The van der Waals surface area contributed by atoms with Gasteiger partial charge in [0.1, 0.15) is 0 Å². The van der Waals surface area contributed by atoms with Crippen molar-refractivity contribution in [1.82, 2.24) is 4.90 Å². The van der Waals surface area contributed by atoms with Crippen LogP contribution < -0.4 is 0 Å². The molecule has 2 atom stereocenters. The molecule has 0 aliphatic heterocycles. The molecule has 1 N–H and O–H groups in total. The average molecular weight is 241 g/mol. The number of nitrogens with zero attached hydrogens (tertiary/aromatic N) is 1. The monoisotopic (exact) mass is 241 g/mol. The van der Waals surface area contributed by atoms with Crippen molar-refractivity contribution in [2.45, 2.75) is 65.8 Å². The molecule has 90 valence electrons. The lowest BCUT2D eigenvalue weighted by atomic mass is 10.1. The zero-order valence-electron chi connectivity index (χ0n) is 10.2. The Bertz CT molecular complexity index is 121. The van der Waals surface area contributed by atoms with Gasteiger partial charge >= 0.3 is 0 Å². The van der Waals surface area contributed by atoms with Crippen LogP contribution in [0.1, 0.15) is 41.5 Å². The van der Waals surface area contributed by atoms with Crippen LogP contribution in [0.25, 0.3) is 0 Å². The highest BCUT2D eigenvalue weighted by molar-refractivity contribution is 7.59. The molecule has 0 saturated heterocycles. The van der Waals surface area contributed by atoms with Gasteiger partial charge in [0, 0.05) is 18.1 Å². The molecule has 0 bridgehead atoms. The lowest BCUT2D eigenvalue weighted by Gasteiger charge is -2.37. The molecule has 0 radical (unpaired) electrons. The molecule has 0 aromatic carbocycles. The first-order valence-electron chi connectivity index (χ1n) is 4.83. The van der Waals surface area contributed by atoms with E-state index < -0.39 is 0 Å². The van der Waals surface area contributed by atoms with Crippen molar-refractivity contribution >= 4 is 27.0 Å². The lowest BCUT2D eigenvalue weighted by Crippen LogP contribution is -2.48. The van der Waals surface area contributed by atoms with Crippen LogP contribution in [0.3, 0.4) is 0 Å². The minimum atomic E-state index is -0.255. The van der Waals surface area contributed by atoms with Crippen molar-refractivity contribution in [3.05, 3.63) is 0 Å². The van der Waals surface area contributed by atoms with Crippen LogP contribution in [-0.4, -0.2) is 34.2 Å². The Kier molecular flexibility index (Phi) is 12.8. The first kappa shape index (κ1) is 20.1. The first-order valence-corrected chi connectivity index (χ1v) is 4.83. The molecule has 2 nitrogen and oxygen atoms in total. The van der Waals surface area contributed by atoms with Gasteiger partial charge in [0.15, 0.2) is 0 Å². The SMILES string of the molecule is CC(C)N(C(C)C)[C@@H](C)[C@H](C)O.S.S. The third-order valence-corrected chi connectivity index (χ3v) is 2.36. The third-order valence-electron chi connectivity index (χ3n) is 2.36. The number of aliphatic hydroxyl groups is 1. The van der Waals surface area contributed by atoms with E-state index in [0.29, 0.717) is 12.1 Å². The Morgan fingerprint density at radius 3 is 1.14 bits per heavy atom. The minimum absolute atomic E-state index is 0. The molecule has 14 heavy (non-hydrogen) atoms. The van der Waals surface area contributed by atoms with E-state index in [1.165, 1.54) is 0 Å². The zero-order valence-corrected chi connectivity index (χ0v) is 12.2. The predicted molar refractivity (Wildman–Crippen MR) is 74.0 cm³/mol. The van der Waals surface area contributed by atoms with E-state index in [4.69, 9.17) is 0 Å². The summed E-state index contributed by atoms with van der Waals surface area (Å²) < 4.78 is 0. The molecule has 4 heteroatoms. The number of rotatable bonds is 4. The van der Waals surface area contributed by atoms with Gasteiger partial charge in [-0.15, -0.1) is 0 Å². The van der Waals surface area contributed by atoms with Crippen molar-refractivity contribution in [2.24, 2.45) is 0 Å². The minimum Gasteiger partial charge on any atom is -0.392 e. The Hall–Kier alpha value is 0.620. The van der Waals surface area contributed by atoms with Crippen LogP contribution in [0.4, 0.5) is 0 Å². The molecule has 0 heterocycles. The van der Waals surface area contributed by atoms with Crippen molar-refractivity contribution in [2.75, 3.05) is 0 Å². The molecule has 0 rings (SSSR count). The van der Waals surface area contributed by atoms with Crippen LogP contribution in [0.15, 0.2) is 0 Å². The van der Waals surface area contributed by atoms with Crippen LogP contribution >= 0.6 is 27.0 Å². The van der Waals surface area contributed by atoms with E-state index in [-0.39, 0.29) is 39.1 Å². The van der Waals surface area contributed by atoms with Gasteiger partial charge in [-0.2, -0.15) is 27.0 Å². The summed E-state index contributed by atoms with van der Waals surface area (Å²) in [6.45, 7) is 12.6. The fourth-order valence-corrected chi connectivity index (χ4v) is 1.79. The Balaban J connectivity index is -0.000000605. The van der Waals surface area contributed by atoms with Crippen LogP contribution in [0.2, 0.25) is 0 Å². The maximum Gasteiger partial charge on any atom is 0.0664 e. The van der Waals surface area contributed by atoms with E-state index >= 15 is 0 Å². The highest BCUT2D eigenvalue weighted by Crippen LogP contribution is 2.12. The summed E-state index contributed by atoms with van der Waals surface area (Å²) in [5.74, 6) is 0. The number of aliphatic hydroxyl groups excluding tert-OH is 1. The van der Waals surface area contributed by atoms with Gasteiger partial charge in [-0.1, -0.05) is 0 Å². The van der Waals surface area contributed by atoms with Gasteiger partial charge in [0.25, 0.3) is 0 Å². The van der Waals surface area contributed by atoms with Gasteiger partial charge in [-0.05, 0) is 41.5 Å². The molecular formula is C10H27NOS2. The van der Waals surface area contributed by atoms with E-state index in [0.717, 1.165) is 0 Å². The normalized spacial score (nSPS) is 15.0. The number of hydrogen-bond donors (Lipinski definition) is 1. The highest BCUT2D eigenvalue weighted by atomic mass is 32.1. The van der Waals surface area contributed by atoms with E-state index in [9.17, 15) is 5.11 Å². The predicted octanol–water partition coefficient (Wildman–Crippen LogP) is 2.10. The highest BCUT2D eigenvalue weighted by Gasteiger charge is 2.22. The fourth-order valence-electron chi connectivity index (χ4n) is 1.79. The summed E-state index contributed by atoms with van der Waals surface area (Å²) in [5.41, 5.74) is 0. The summed E-state index contributed by atoms with van der Waals surface area (Å²) in [7, 11) is 0. The van der Waals surface area contributed by atoms with Crippen LogP contribution in [0.5, 0.6) is 0 Å². The maximum atomic E-state index is 9.45. The van der Waals surface area contributed by atoms with Gasteiger partial charge in [0.05, 0.1) is 6.10 Å². The third kappa shape index (κ3) is 6.17. The van der Waals surface area contributed by atoms with Gasteiger partial charge in [-0.25, -0.2) is 0 Å². The molecule has 0 aliphatic carbocycles. The van der Waals surface area contributed by atoms with Crippen molar-refractivity contribution in [1.29, 1.82) is 0 Å². The average Bonchev–Trinajstić information content (AvgIpc) is 1.85. The number of hydrogen-bond acceptors (Lipinski definition) is 2. The topological polar surface area (TPSA) is 23.5 Å². The summed E-state index contributed by atoms with van der Waals surface area (Å²) in [6, 6.07) is 1.23. The van der Waals surface area contributed by atoms with Crippen molar-refractivity contribution in [3.8, 4) is 0 Å². The molecule has 0 spiro atoms. The van der Waals surface area contributed by atoms with Gasteiger partial charge in [-0.3, -0.25) is 4.90 Å². The summed E-state index contributed by atoms with van der Waals surface area (Å²) >= 11 is 0. The van der Waals surface area contributed by atoms with Crippen LogP contribution in [-0.2, 0) is 0 Å². The molecule has 0 amide bonds. The summed E-state index contributed by atoms with van der Waals surface area (Å²) in [6.07, 6.45) is -0.255. The lowest BCUT2D eigenvalue weighted by molar-refractivity contribution is 0.0314. The van der Waals surface area contributed by atoms with Crippen molar-refractivity contribution < 1.29 is 5.11 Å². The Morgan fingerprint density at radius 2 is 1.07 bits per heavy atom. The summed E-state index contributed by atoms with van der Waals surface area (Å²) in [4.78, 5) is 2.32. The fraction of sp³-hybridized carbons (Fsp3) is 1.00. The molecule has 0 aromatic rings. The largest absolute Gasteiger partial charge is 0.392 e. The standard InChI is InChI=1S/C10H23NO.2H2S/c1-7(2)11(8(3)4)9(5)10(6)12;;/h7-10,12H,1-6H3;2*1H2/t9-,10-;;/m0../s1. The molecular weight excluding hydrogens is 214 g/mol. The Labute approximate surface area is 103 Å². The van der Waals surface area contributed by atoms with Crippen LogP contribution in [0, 0.1) is 0 Å². The molecule has 0 unspecified atom stereocenters. The molecule has 0 aromatic heterocycles. The second-order valence-electron chi connectivity index (χ2n) is 4.12.